The van der Waals surface area contributed by atoms with Gasteiger partial charge in [-0.15, -0.1) is 5.10 Å². The summed E-state index contributed by atoms with van der Waals surface area (Å²) in [6.45, 7) is 0. The molecule has 0 bridgehead atoms. The molecule has 4 aromatic rings. The molecular weight excluding hydrogens is 319 g/mol. The van der Waals surface area contributed by atoms with Crippen LogP contribution in [0, 0.1) is 5.82 Å². The number of aromatic nitrogens is 4. The third-order valence-corrected chi connectivity index (χ3v) is 5.12. The molecule has 0 radical (unpaired) electrons. The minimum Gasteiger partial charge on any atom is -0.234 e. The molecule has 0 atom stereocenters. The highest BCUT2D eigenvalue weighted by Gasteiger charge is 2.26. The Labute approximate surface area is 130 Å². The van der Waals surface area contributed by atoms with Crippen LogP contribution in [0.5, 0.6) is 0 Å². The van der Waals surface area contributed by atoms with Crippen LogP contribution < -0.4 is 0 Å². The predicted molar refractivity (Wildman–Crippen MR) is 80.1 cm³/mol. The standard InChI is InChI=1S/C15H9FN4O2S/c16-11-5-3-6-12(8-11)23(21,22)15-14-17-9-10-4-1-2-7-13(10)20(14)19-18-15/h1-9H. The van der Waals surface area contributed by atoms with Gasteiger partial charge in [-0.1, -0.05) is 29.5 Å². The minimum absolute atomic E-state index is 0.105. The Morgan fingerprint density at radius 1 is 1.04 bits per heavy atom. The largest absolute Gasteiger partial charge is 0.234 e. The second-order valence-electron chi connectivity index (χ2n) is 4.91. The van der Waals surface area contributed by atoms with Crippen LogP contribution in [0.4, 0.5) is 4.39 Å². The van der Waals surface area contributed by atoms with E-state index in [1.165, 1.54) is 22.7 Å². The van der Waals surface area contributed by atoms with E-state index < -0.39 is 15.7 Å². The van der Waals surface area contributed by atoms with E-state index in [9.17, 15) is 12.8 Å². The van der Waals surface area contributed by atoms with E-state index in [0.29, 0.717) is 5.52 Å². The maximum atomic E-state index is 13.3. The third kappa shape index (κ3) is 2.07. The van der Waals surface area contributed by atoms with E-state index in [0.717, 1.165) is 11.5 Å². The Hall–Kier alpha value is -2.87. The summed E-state index contributed by atoms with van der Waals surface area (Å²) in [5.74, 6) is -0.638. The highest BCUT2D eigenvalue weighted by atomic mass is 32.2. The molecule has 23 heavy (non-hydrogen) atoms. The third-order valence-electron chi connectivity index (χ3n) is 3.47. The van der Waals surface area contributed by atoms with Crippen LogP contribution >= 0.6 is 0 Å². The second-order valence-corrected chi connectivity index (χ2v) is 6.77. The van der Waals surface area contributed by atoms with Gasteiger partial charge in [-0.05, 0) is 24.3 Å². The van der Waals surface area contributed by atoms with Gasteiger partial charge in [-0.2, -0.15) is 4.52 Å². The molecule has 0 fully saturated rings. The zero-order valence-electron chi connectivity index (χ0n) is 11.6. The highest BCUT2D eigenvalue weighted by Crippen LogP contribution is 2.24. The SMILES string of the molecule is O=S(=O)(c1cccc(F)c1)c1nnn2c1ncc1ccccc12. The normalized spacial score (nSPS) is 12.0. The molecule has 0 spiro atoms. The molecule has 0 saturated heterocycles. The van der Waals surface area contributed by atoms with E-state index in [-0.39, 0.29) is 15.6 Å². The van der Waals surface area contributed by atoms with Gasteiger partial charge in [0.2, 0.25) is 14.9 Å². The lowest BCUT2D eigenvalue weighted by molar-refractivity contribution is 0.587. The zero-order valence-corrected chi connectivity index (χ0v) is 12.4. The van der Waals surface area contributed by atoms with Gasteiger partial charge in [0.05, 0.1) is 10.4 Å². The van der Waals surface area contributed by atoms with Gasteiger partial charge in [-0.25, -0.2) is 17.8 Å². The van der Waals surface area contributed by atoms with Crippen molar-refractivity contribution in [3.8, 4) is 0 Å². The minimum atomic E-state index is -4.01. The summed E-state index contributed by atoms with van der Waals surface area (Å²) in [6.07, 6.45) is 1.55. The first kappa shape index (κ1) is 13.8. The molecule has 2 aromatic carbocycles. The van der Waals surface area contributed by atoms with Gasteiger partial charge in [0.1, 0.15) is 5.82 Å². The summed E-state index contributed by atoms with van der Waals surface area (Å²) < 4.78 is 40.1. The molecule has 2 aromatic heterocycles. The molecule has 0 aliphatic heterocycles. The fourth-order valence-corrected chi connectivity index (χ4v) is 3.65. The van der Waals surface area contributed by atoms with Crippen LogP contribution in [-0.4, -0.2) is 28.2 Å². The number of fused-ring (bicyclic) bond motifs is 3. The molecule has 8 heteroatoms. The number of hydrogen-bond acceptors (Lipinski definition) is 5. The first-order chi connectivity index (χ1) is 11.1. The van der Waals surface area contributed by atoms with Crippen LogP contribution in [0.1, 0.15) is 0 Å². The Bertz CT molecular complexity index is 1150. The molecule has 0 saturated carbocycles. The van der Waals surface area contributed by atoms with Gasteiger partial charge in [-0.3, -0.25) is 0 Å². The lowest BCUT2D eigenvalue weighted by Gasteiger charge is -2.02. The molecule has 0 N–H and O–H groups in total. The number of benzene rings is 2. The number of nitrogens with zero attached hydrogens (tertiary/aromatic N) is 4. The van der Waals surface area contributed by atoms with Crippen molar-refractivity contribution in [3.05, 3.63) is 60.5 Å². The summed E-state index contributed by atoms with van der Waals surface area (Å²) in [5.41, 5.74) is 0.790. The van der Waals surface area contributed by atoms with Gasteiger partial charge in [0, 0.05) is 11.6 Å². The second kappa shape index (κ2) is 4.82. The van der Waals surface area contributed by atoms with Gasteiger partial charge < -0.3 is 0 Å². The van der Waals surface area contributed by atoms with Crippen molar-refractivity contribution in [2.45, 2.75) is 9.92 Å². The van der Waals surface area contributed by atoms with Crippen molar-refractivity contribution in [2.24, 2.45) is 0 Å². The van der Waals surface area contributed by atoms with Crippen LogP contribution in [-0.2, 0) is 9.84 Å². The van der Waals surface area contributed by atoms with Crippen molar-refractivity contribution >= 4 is 26.4 Å². The Morgan fingerprint density at radius 2 is 1.87 bits per heavy atom. The molecule has 0 aliphatic rings. The first-order valence-corrected chi connectivity index (χ1v) is 8.15. The fraction of sp³-hybridized carbons (Fsp3) is 0. The van der Waals surface area contributed by atoms with E-state index in [4.69, 9.17) is 0 Å². The van der Waals surface area contributed by atoms with Gasteiger partial charge in [0.25, 0.3) is 0 Å². The predicted octanol–water partition coefficient (Wildman–Crippen LogP) is 2.25. The van der Waals surface area contributed by atoms with Gasteiger partial charge >= 0.3 is 0 Å². The lowest BCUT2D eigenvalue weighted by atomic mass is 10.2. The molecular formula is C15H9FN4O2S. The topological polar surface area (TPSA) is 77.2 Å². The molecule has 2 heterocycles. The molecule has 0 aliphatic carbocycles. The summed E-state index contributed by atoms with van der Waals surface area (Å²) in [6, 6.07) is 12.0. The Balaban J connectivity index is 2.01. The number of para-hydroxylation sites is 1. The first-order valence-electron chi connectivity index (χ1n) is 6.67. The Morgan fingerprint density at radius 3 is 2.70 bits per heavy atom. The van der Waals surface area contributed by atoms with Crippen LogP contribution in [0.15, 0.2) is 64.6 Å². The van der Waals surface area contributed by atoms with Crippen molar-refractivity contribution in [1.82, 2.24) is 19.8 Å². The smallest absolute Gasteiger partial charge is 0.229 e. The van der Waals surface area contributed by atoms with Gasteiger partial charge in [0.15, 0.2) is 5.65 Å². The average Bonchev–Trinajstić information content (AvgIpc) is 3.00. The quantitative estimate of drug-likeness (QED) is 0.564. The van der Waals surface area contributed by atoms with E-state index in [1.54, 1.807) is 12.3 Å². The van der Waals surface area contributed by atoms with Crippen molar-refractivity contribution < 1.29 is 12.8 Å². The molecule has 114 valence electrons. The molecule has 0 amide bonds. The van der Waals surface area contributed by atoms with E-state index in [1.807, 2.05) is 18.2 Å². The lowest BCUT2D eigenvalue weighted by Crippen LogP contribution is -2.04. The zero-order chi connectivity index (χ0) is 16.0. The molecule has 4 rings (SSSR count). The molecule has 6 nitrogen and oxygen atoms in total. The number of rotatable bonds is 2. The van der Waals surface area contributed by atoms with Crippen molar-refractivity contribution in [2.75, 3.05) is 0 Å². The summed E-state index contributed by atoms with van der Waals surface area (Å²) >= 11 is 0. The van der Waals surface area contributed by atoms with Crippen LogP contribution in [0.25, 0.3) is 16.6 Å². The summed E-state index contributed by atoms with van der Waals surface area (Å²) in [7, 11) is -4.01. The monoisotopic (exact) mass is 328 g/mol. The molecule has 0 unspecified atom stereocenters. The highest BCUT2D eigenvalue weighted by molar-refractivity contribution is 7.91. The number of hydrogen-bond donors (Lipinski definition) is 0. The summed E-state index contributed by atoms with van der Waals surface area (Å²) in [5, 5.41) is 8.16. The number of halogens is 1. The fourth-order valence-electron chi connectivity index (χ4n) is 2.38. The average molecular weight is 328 g/mol. The maximum absolute atomic E-state index is 13.3. The maximum Gasteiger partial charge on any atom is 0.229 e. The van der Waals surface area contributed by atoms with Crippen molar-refractivity contribution in [3.63, 3.8) is 0 Å². The van der Waals surface area contributed by atoms with E-state index in [2.05, 4.69) is 15.3 Å². The van der Waals surface area contributed by atoms with Crippen LogP contribution in [0.2, 0.25) is 0 Å². The Kier molecular flexibility index (Phi) is 2.88. The van der Waals surface area contributed by atoms with Crippen LogP contribution in [0.3, 0.4) is 0 Å². The number of sulfone groups is 1. The van der Waals surface area contributed by atoms with Crippen molar-refractivity contribution in [1.29, 1.82) is 0 Å². The van der Waals surface area contributed by atoms with E-state index >= 15 is 0 Å². The summed E-state index contributed by atoms with van der Waals surface area (Å²) in [4.78, 5) is 3.96.